The zero-order chi connectivity index (χ0) is 98.1. The molecular weight excluding hydrogens is 2600 g/mol. The second-order valence-electron chi connectivity index (χ2n) is 33.4. The summed E-state index contributed by atoms with van der Waals surface area (Å²) in [5.41, 5.74) is 36.8. The van der Waals surface area contributed by atoms with E-state index in [0.717, 1.165) is 95.0 Å². The Morgan fingerprint density at radius 2 is 0.526 bits per heavy atom. The summed E-state index contributed by atoms with van der Waals surface area (Å²) >= 11 is 0. The summed E-state index contributed by atoms with van der Waals surface area (Å²) in [6, 6.07) is 86.6. The molecule has 137 heavy (non-hydrogen) atoms. The Bertz CT molecular complexity index is 6670. The van der Waals surface area contributed by atoms with Gasteiger partial charge in [-0.2, -0.15) is 0 Å². The first-order valence-electron chi connectivity index (χ1n) is 43.4. The number of aliphatic hydroxyl groups excluding tert-OH is 5. The van der Waals surface area contributed by atoms with Crippen molar-refractivity contribution >= 4 is 83.4 Å². The van der Waals surface area contributed by atoms with Gasteiger partial charge in [-0.25, -0.2) is 0 Å². The first-order valence-corrected chi connectivity index (χ1v) is 43.4. The molecule has 15 rings (SSSR count). The van der Waals surface area contributed by atoms with Gasteiger partial charge in [-0.1, -0.05) is 204 Å². The van der Waals surface area contributed by atoms with E-state index in [1.807, 2.05) is 12.1 Å². The number of benzene rings is 10. The fraction of sp³-hybridized carbons (Fsp3) is 0.231. The molecule has 15 nitrogen and oxygen atoms in total. The van der Waals surface area contributed by atoms with Gasteiger partial charge in [0, 0.05) is 131 Å². The zero-order valence-electron chi connectivity index (χ0n) is 83.1. The van der Waals surface area contributed by atoms with Crippen molar-refractivity contribution in [2.24, 2.45) is 0 Å². The van der Waals surface area contributed by atoms with Crippen LogP contribution in [0.5, 0.6) is 0 Å². The predicted molar refractivity (Wildman–Crippen MR) is 546 cm³/mol. The van der Waals surface area contributed by atoms with Crippen molar-refractivity contribution < 1.29 is 150 Å². The van der Waals surface area contributed by atoms with Crippen LogP contribution in [-0.2, 0) is 124 Å². The summed E-state index contributed by atoms with van der Waals surface area (Å²) in [6.07, 6.45) is 5.83. The van der Waals surface area contributed by atoms with E-state index in [2.05, 4.69) is 336 Å². The van der Waals surface area contributed by atoms with E-state index in [4.69, 9.17) is 50.5 Å². The molecule has 20 heteroatoms. The van der Waals surface area contributed by atoms with Gasteiger partial charge in [-0.05, 0) is 217 Å². The number of pyridine rings is 5. The molecule has 0 saturated carbocycles. The number of fused-ring (bicyclic) bond motifs is 5. The van der Waals surface area contributed by atoms with E-state index >= 15 is 0 Å². The SMILES string of the molecule is CC(=O)C=C(C)O.CC(=O)C=C(C)O.CC(=O)C=C(C)O.CC(=O)C=C(C)O.CC(=O)C=C(C)O.Cc1[c-]c(-c2ccc3ccc(C)cc3n2)c(C)c(C)c1.Cc1[c-]c(-c2ccc3ccc(C)cc3n2)cc(C)c1.Cc1c[c-]c(-c2ccc3ccc(C)cc3n2)c(C)c1.Cc1ccc2ccc(-c3[c-]cc(C)c(C)c3)nc2c1.Cc1ccc2ccc(-c3[c-]cc(C)c(C)c3C)nc2c1.[Ir].[Ir].[Ir].[Ir].[Ir]. The van der Waals surface area contributed by atoms with Crippen LogP contribution < -0.4 is 0 Å². The van der Waals surface area contributed by atoms with Crippen LogP contribution in [0.1, 0.15) is 164 Å². The third-order valence-electron chi connectivity index (χ3n) is 20.2. The monoisotopic (exact) mass is 2720 g/mol. The summed E-state index contributed by atoms with van der Waals surface area (Å²) in [4.78, 5) is 74.0. The number of aryl methyl sites for hydroxylation is 14. The van der Waals surface area contributed by atoms with Crippen molar-refractivity contribution in [1.82, 2.24) is 24.9 Å². The second-order valence-corrected chi connectivity index (χ2v) is 33.4. The van der Waals surface area contributed by atoms with E-state index in [1.54, 1.807) is 0 Å². The Hall–Kier alpha value is -11.5. The minimum atomic E-state index is -0.125. The van der Waals surface area contributed by atoms with E-state index in [1.165, 1.54) is 210 Å². The number of aliphatic hydroxyl groups is 5. The molecule has 0 amide bonds. The summed E-state index contributed by atoms with van der Waals surface area (Å²) in [5.74, 6) is -0.312. The number of nitrogens with zero attached hydrogens (tertiary/aromatic N) is 5. The number of hydrogen-bond acceptors (Lipinski definition) is 15. The van der Waals surface area contributed by atoms with Gasteiger partial charge < -0.3 is 25.5 Å². The van der Waals surface area contributed by atoms with Crippen LogP contribution in [0.25, 0.3) is 111 Å². The molecule has 0 fully saturated rings. The van der Waals surface area contributed by atoms with Gasteiger partial charge in [-0.3, -0.25) is 48.9 Å². The van der Waals surface area contributed by atoms with Gasteiger partial charge in [0.25, 0.3) is 0 Å². The first kappa shape index (κ1) is 124. The fourth-order valence-electron chi connectivity index (χ4n) is 13.6. The van der Waals surface area contributed by atoms with Crippen molar-refractivity contribution in [3.05, 3.63) is 384 Å². The van der Waals surface area contributed by atoms with Gasteiger partial charge in [0.15, 0.2) is 28.9 Å². The maximum atomic E-state index is 10.0. The van der Waals surface area contributed by atoms with Gasteiger partial charge in [0.2, 0.25) is 0 Å². The van der Waals surface area contributed by atoms with Crippen molar-refractivity contribution in [3.8, 4) is 56.3 Å². The Kier molecular flexibility index (Phi) is 54.4. The maximum absolute atomic E-state index is 10.0. The van der Waals surface area contributed by atoms with Crippen LogP contribution in [0, 0.1) is 148 Å². The quantitative estimate of drug-likeness (QED) is 0.0485. The molecule has 727 valence electrons. The van der Waals surface area contributed by atoms with Crippen LogP contribution in [0.15, 0.2) is 259 Å². The molecule has 0 aliphatic carbocycles. The molecule has 5 radical (unpaired) electrons. The molecule has 0 unspecified atom stereocenters. The number of aromatic nitrogens is 5. The smallest absolute Gasteiger partial charge is 0.155 e. The molecule has 0 aliphatic heterocycles. The molecule has 10 aromatic carbocycles. The Balaban J connectivity index is 0.000000781. The van der Waals surface area contributed by atoms with Crippen LogP contribution in [0.2, 0.25) is 0 Å². The topological polar surface area (TPSA) is 251 Å². The van der Waals surface area contributed by atoms with Gasteiger partial charge in [-0.15, -0.1) is 173 Å². The average Bonchev–Trinajstić information content (AvgIpc) is 0.794. The van der Waals surface area contributed by atoms with Crippen molar-refractivity contribution in [2.75, 3.05) is 0 Å². The molecule has 15 aromatic rings. The third kappa shape index (κ3) is 42.6. The normalized spacial score (nSPS) is 10.7. The largest absolute Gasteiger partial charge is 0.512 e. The number of ketones is 5. The Morgan fingerprint density at radius 1 is 0.234 bits per heavy atom. The molecule has 0 saturated heterocycles. The Labute approximate surface area is 878 Å². The first-order chi connectivity index (χ1) is 62.1. The molecule has 0 spiro atoms. The minimum Gasteiger partial charge on any atom is -0.512 e. The molecule has 5 N–H and O–H groups in total. The fourth-order valence-corrected chi connectivity index (χ4v) is 13.6. The average molecular weight is 2720 g/mol. The van der Waals surface area contributed by atoms with Gasteiger partial charge in [0.1, 0.15) is 0 Å². The molecule has 0 aliphatic rings. The number of carbonyl (C=O) groups excluding carboxylic acids is 5. The van der Waals surface area contributed by atoms with Crippen LogP contribution in [0.4, 0.5) is 0 Å². The van der Waals surface area contributed by atoms with E-state index in [-0.39, 0.29) is 158 Å². The number of rotatable bonds is 10. The van der Waals surface area contributed by atoms with Crippen molar-refractivity contribution in [1.29, 1.82) is 0 Å². The number of allylic oxidation sites excluding steroid dienone is 10. The second kappa shape index (κ2) is 60.3. The van der Waals surface area contributed by atoms with Crippen LogP contribution in [0.3, 0.4) is 0 Å². The maximum Gasteiger partial charge on any atom is 0.155 e. The molecule has 0 atom stereocenters. The molecule has 5 heterocycles. The zero-order valence-corrected chi connectivity index (χ0v) is 95.1. The summed E-state index contributed by atoms with van der Waals surface area (Å²) < 4.78 is 0. The van der Waals surface area contributed by atoms with Gasteiger partial charge >= 0.3 is 0 Å². The number of carbonyl (C=O) groups is 5. The summed E-state index contributed by atoms with van der Waals surface area (Å²) in [7, 11) is 0. The third-order valence-corrected chi connectivity index (χ3v) is 20.2. The van der Waals surface area contributed by atoms with E-state index in [9.17, 15) is 24.0 Å². The Morgan fingerprint density at radius 3 is 0.839 bits per heavy atom. The summed E-state index contributed by atoms with van der Waals surface area (Å²) in [6.45, 7) is 50.1. The summed E-state index contributed by atoms with van der Waals surface area (Å²) in [5, 5.41) is 47.7. The predicted octanol–water partition coefficient (Wildman–Crippen LogP) is 28.9. The standard InChI is InChI=1S/2C19H18N.3C18H16N.5C5H8O2.5Ir/c1-12-5-7-16-8-10-18(20-19(16)11-12)17-9-6-13(2)14(3)15(17)4;1-12-5-6-16-7-8-18(20-19(16)11-12)17-10-13(2)9-14(3)15(17)4;1-12-5-8-16(14(3)10-12)17-9-7-15-6-4-13(2)11-18(15)19-17;1-12-4-6-15-8-9-17(19-18(15)10-12)16-7-5-13(2)14(3)11-16;1-12-4-5-15-6-7-17(19-18(15)11-12)16-9-13(2)8-14(3)10-16;5*1-4(6)3-5(2)7;;;;;/h5-8,10-11H,1-4H3;5-9,11H,1-4H3;4-7,9-11H,1-3H3;4-6,8-11H,1-3H3;4-9,11H,1-3H3;5*3,6H,1-2H3;;;;;/q5*-1;;;;;;;;;;. The van der Waals surface area contributed by atoms with Crippen molar-refractivity contribution in [2.45, 2.75) is 187 Å². The van der Waals surface area contributed by atoms with Gasteiger partial charge in [0.05, 0.1) is 56.4 Å². The molecular formula is C117H124Ir5N5O10-5. The minimum absolute atomic E-state index is 0. The van der Waals surface area contributed by atoms with Crippen molar-refractivity contribution in [3.63, 3.8) is 0 Å². The van der Waals surface area contributed by atoms with E-state index in [0.29, 0.717) is 0 Å². The van der Waals surface area contributed by atoms with Crippen LogP contribution >= 0.6 is 0 Å². The molecule has 0 bridgehead atoms. The number of hydrogen-bond donors (Lipinski definition) is 5. The molecule has 5 aromatic heterocycles. The van der Waals surface area contributed by atoms with Crippen LogP contribution in [-0.4, -0.2) is 79.4 Å². The van der Waals surface area contributed by atoms with E-state index < -0.39 is 0 Å².